The molecule has 1 saturated heterocycles. The van der Waals surface area contributed by atoms with Crippen molar-refractivity contribution in [2.75, 3.05) is 39.9 Å². The van der Waals surface area contributed by atoms with Crippen molar-refractivity contribution in [3.63, 3.8) is 0 Å². The fraction of sp³-hybridized carbons (Fsp3) is 0.680. The molecule has 1 atom stereocenters. The zero-order valence-electron chi connectivity index (χ0n) is 20.4. The van der Waals surface area contributed by atoms with Gasteiger partial charge in [0.1, 0.15) is 0 Å². The van der Waals surface area contributed by atoms with Gasteiger partial charge in [-0.3, -0.25) is 9.79 Å². The van der Waals surface area contributed by atoms with E-state index in [2.05, 4.69) is 32.7 Å². The molecule has 1 unspecified atom stereocenters. The number of hydrogen-bond donors (Lipinski definition) is 2. The van der Waals surface area contributed by atoms with Crippen LogP contribution >= 0.6 is 24.0 Å². The molecule has 0 aromatic heterocycles. The molecule has 1 aliphatic carbocycles. The van der Waals surface area contributed by atoms with Crippen LogP contribution in [0.15, 0.2) is 23.2 Å². The number of rotatable bonds is 9. The molecule has 2 N–H and O–H groups in total. The van der Waals surface area contributed by atoms with Crippen molar-refractivity contribution in [2.45, 2.75) is 64.8 Å². The predicted octanol–water partition coefficient (Wildman–Crippen LogP) is 3.99. The Bertz CT molecular complexity index is 768. The third-order valence-electron chi connectivity index (χ3n) is 6.33. The van der Waals surface area contributed by atoms with Gasteiger partial charge in [-0.2, -0.15) is 0 Å². The van der Waals surface area contributed by atoms with Gasteiger partial charge in [0.2, 0.25) is 5.91 Å². The highest BCUT2D eigenvalue weighted by molar-refractivity contribution is 14.0. The third kappa shape index (κ3) is 8.22. The maximum atomic E-state index is 12.8. The molecule has 2 fully saturated rings. The van der Waals surface area contributed by atoms with Crippen molar-refractivity contribution in [3.8, 4) is 11.5 Å². The van der Waals surface area contributed by atoms with Gasteiger partial charge >= 0.3 is 0 Å². The Morgan fingerprint density at radius 3 is 2.52 bits per heavy atom. The minimum atomic E-state index is 0. The summed E-state index contributed by atoms with van der Waals surface area (Å²) in [5, 5.41) is 6.90. The lowest BCUT2D eigenvalue weighted by atomic mass is 9.88. The number of amides is 1. The number of carbonyl (C=O) groups is 1. The highest BCUT2D eigenvalue weighted by Gasteiger charge is 2.31. The van der Waals surface area contributed by atoms with Crippen LogP contribution in [0.4, 0.5) is 0 Å². The van der Waals surface area contributed by atoms with Crippen LogP contribution in [0.25, 0.3) is 0 Å². The molecular weight excluding hydrogens is 531 g/mol. The summed E-state index contributed by atoms with van der Waals surface area (Å²) in [6.45, 7) is 7.56. The van der Waals surface area contributed by atoms with Gasteiger partial charge in [0, 0.05) is 38.6 Å². The number of hydrogen-bond acceptors (Lipinski definition) is 4. The standard InChI is InChI=1S/C25H40N4O3.HI/c1-4-31-22-12-11-19(17-23(22)32-5-2)13-15-27-25(26-3)28-21-14-16-29(18-21)24(30)20-9-7-6-8-10-20;/h11-12,17,20-21H,4-10,13-16,18H2,1-3H3,(H2,26,27,28);1H. The van der Waals surface area contributed by atoms with Crippen molar-refractivity contribution >= 4 is 35.8 Å². The molecule has 1 aromatic carbocycles. The molecule has 0 radical (unpaired) electrons. The lowest BCUT2D eigenvalue weighted by Gasteiger charge is -2.26. The number of carbonyl (C=O) groups excluding carboxylic acids is 1. The molecule has 0 spiro atoms. The second-order valence-corrected chi connectivity index (χ2v) is 8.65. The Balaban J connectivity index is 0.00000385. The van der Waals surface area contributed by atoms with Gasteiger partial charge < -0.3 is 25.0 Å². The quantitative estimate of drug-likeness (QED) is 0.266. The molecule has 1 heterocycles. The monoisotopic (exact) mass is 572 g/mol. The van der Waals surface area contributed by atoms with Crippen LogP contribution in [0.5, 0.6) is 11.5 Å². The number of likely N-dealkylation sites (tertiary alicyclic amines) is 1. The first kappa shape index (κ1) is 27.5. The van der Waals surface area contributed by atoms with Gasteiger partial charge in [-0.1, -0.05) is 25.3 Å². The van der Waals surface area contributed by atoms with Crippen LogP contribution in [0, 0.1) is 5.92 Å². The molecule has 1 aliphatic heterocycles. The Morgan fingerprint density at radius 1 is 1.09 bits per heavy atom. The van der Waals surface area contributed by atoms with Gasteiger partial charge in [-0.15, -0.1) is 24.0 Å². The van der Waals surface area contributed by atoms with Gasteiger partial charge in [-0.25, -0.2) is 0 Å². The second kappa shape index (κ2) is 14.5. The van der Waals surface area contributed by atoms with Crippen molar-refractivity contribution in [2.24, 2.45) is 10.9 Å². The van der Waals surface area contributed by atoms with Crippen molar-refractivity contribution < 1.29 is 14.3 Å². The van der Waals surface area contributed by atoms with E-state index in [4.69, 9.17) is 9.47 Å². The van der Waals surface area contributed by atoms with E-state index in [9.17, 15) is 4.79 Å². The lowest BCUT2D eigenvalue weighted by Crippen LogP contribution is -2.46. The molecule has 1 aromatic rings. The molecule has 186 valence electrons. The Labute approximate surface area is 216 Å². The Hall–Kier alpha value is -1.71. The predicted molar refractivity (Wildman–Crippen MR) is 144 cm³/mol. The SMILES string of the molecule is CCOc1ccc(CCNC(=NC)NC2CCN(C(=O)C3CCCCC3)C2)cc1OCC.I. The summed E-state index contributed by atoms with van der Waals surface area (Å²) < 4.78 is 11.4. The van der Waals surface area contributed by atoms with Gasteiger partial charge in [0.05, 0.1) is 13.2 Å². The van der Waals surface area contributed by atoms with Gasteiger partial charge in [0.25, 0.3) is 0 Å². The van der Waals surface area contributed by atoms with Crippen LogP contribution in [-0.2, 0) is 11.2 Å². The summed E-state index contributed by atoms with van der Waals surface area (Å²) >= 11 is 0. The minimum Gasteiger partial charge on any atom is -0.490 e. The molecular formula is C25H41IN4O3. The fourth-order valence-electron chi connectivity index (χ4n) is 4.65. The zero-order chi connectivity index (χ0) is 22.8. The third-order valence-corrected chi connectivity index (χ3v) is 6.33. The summed E-state index contributed by atoms with van der Waals surface area (Å²) in [4.78, 5) is 19.2. The molecule has 0 bridgehead atoms. The maximum absolute atomic E-state index is 12.8. The molecule has 2 aliphatic rings. The normalized spacial score (nSPS) is 19.1. The molecule has 7 nitrogen and oxygen atoms in total. The van der Waals surface area contributed by atoms with Crippen molar-refractivity contribution in [1.29, 1.82) is 0 Å². The summed E-state index contributed by atoms with van der Waals surface area (Å²) in [7, 11) is 1.79. The van der Waals surface area contributed by atoms with E-state index in [-0.39, 0.29) is 35.9 Å². The highest BCUT2D eigenvalue weighted by atomic mass is 127. The summed E-state index contributed by atoms with van der Waals surface area (Å²) in [6.07, 6.45) is 7.62. The summed E-state index contributed by atoms with van der Waals surface area (Å²) in [5.41, 5.74) is 1.19. The minimum absolute atomic E-state index is 0. The second-order valence-electron chi connectivity index (χ2n) is 8.65. The van der Waals surface area contributed by atoms with E-state index in [0.717, 1.165) is 62.8 Å². The molecule has 3 rings (SSSR count). The average molecular weight is 573 g/mol. The number of benzene rings is 1. The van der Waals surface area contributed by atoms with E-state index in [1.807, 2.05) is 19.9 Å². The Morgan fingerprint density at radius 2 is 1.82 bits per heavy atom. The van der Waals surface area contributed by atoms with E-state index in [1.165, 1.54) is 24.8 Å². The molecule has 1 amide bonds. The number of nitrogens with one attached hydrogen (secondary N) is 2. The summed E-state index contributed by atoms with van der Waals surface area (Å²) in [5.74, 6) is 2.98. The number of guanidine groups is 1. The summed E-state index contributed by atoms with van der Waals surface area (Å²) in [6, 6.07) is 6.37. The van der Waals surface area contributed by atoms with Crippen LogP contribution in [0.2, 0.25) is 0 Å². The first-order valence-corrected chi connectivity index (χ1v) is 12.3. The largest absolute Gasteiger partial charge is 0.490 e. The molecule has 8 heteroatoms. The first-order chi connectivity index (χ1) is 15.6. The van der Waals surface area contributed by atoms with Crippen LogP contribution in [0.3, 0.4) is 0 Å². The van der Waals surface area contributed by atoms with Gasteiger partial charge in [0.15, 0.2) is 17.5 Å². The number of ether oxygens (including phenoxy) is 2. The van der Waals surface area contributed by atoms with Crippen LogP contribution in [0.1, 0.15) is 57.9 Å². The fourth-order valence-corrected chi connectivity index (χ4v) is 4.65. The lowest BCUT2D eigenvalue weighted by molar-refractivity contribution is -0.135. The van der Waals surface area contributed by atoms with E-state index < -0.39 is 0 Å². The molecule has 1 saturated carbocycles. The number of nitrogens with zero attached hydrogens (tertiary/aromatic N) is 2. The maximum Gasteiger partial charge on any atom is 0.225 e. The smallest absolute Gasteiger partial charge is 0.225 e. The Kier molecular flexibility index (Phi) is 12.1. The highest BCUT2D eigenvalue weighted by Crippen LogP contribution is 2.29. The van der Waals surface area contributed by atoms with Gasteiger partial charge in [-0.05, 0) is 57.2 Å². The van der Waals surface area contributed by atoms with Crippen LogP contribution in [-0.4, -0.2) is 62.7 Å². The number of aliphatic imine (C=N–C) groups is 1. The topological polar surface area (TPSA) is 75.2 Å². The van der Waals surface area contributed by atoms with E-state index in [1.54, 1.807) is 7.05 Å². The van der Waals surface area contributed by atoms with Crippen molar-refractivity contribution in [3.05, 3.63) is 23.8 Å². The van der Waals surface area contributed by atoms with Crippen molar-refractivity contribution in [1.82, 2.24) is 15.5 Å². The van der Waals surface area contributed by atoms with E-state index in [0.29, 0.717) is 19.1 Å². The zero-order valence-corrected chi connectivity index (χ0v) is 22.7. The molecule has 33 heavy (non-hydrogen) atoms. The van der Waals surface area contributed by atoms with E-state index >= 15 is 0 Å². The van der Waals surface area contributed by atoms with Crippen LogP contribution < -0.4 is 20.1 Å². The average Bonchev–Trinajstić information content (AvgIpc) is 3.29. The number of halogens is 1. The first-order valence-electron chi connectivity index (χ1n) is 12.3.